The summed E-state index contributed by atoms with van der Waals surface area (Å²) in [5.74, 6) is -0.000631. The molecule has 0 fully saturated rings. The number of thiazole rings is 1. The second kappa shape index (κ2) is 8.63. The molecule has 0 unspecified atom stereocenters. The zero-order chi connectivity index (χ0) is 21.0. The Hall–Kier alpha value is -2.90. The number of H-pyrrole nitrogens is 1. The standard InChI is InChI=1S/C16H16N6O4S3/c1-2-22(15-18-7-8-27-15)29(25,26)11-5-3-10(4-6-11)19-16(24)28-14-20-12(17)9-13(23)21-14/h3-9H,2H2,1H3,(H,19,24)(H3,17,20,21,23). The normalized spacial score (nSPS) is 11.2. The Kier molecular flexibility index (Phi) is 6.20. The van der Waals surface area contributed by atoms with E-state index in [9.17, 15) is 18.0 Å². The number of carbonyl (C=O) groups excluding carboxylic acids is 1. The highest BCUT2D eigenvalue weighted by Gasteiger charge is 2.25. The number of sulfonamides is 1. The molecule has 2 heterocycles. The predicted molar refractivity (Wildman–Crippen MR) is 113 cm³/mol. The fourth-order valence-corrected chi connectivity index (χ4v) is 5.33. The minimum atomic E-state index is -3.78. The third-order valence-electron chi connectivity index (χ3n) is 3.54. The van der Waals surface area contributed by atoms with E-state index in [2.05, 4.69) is 20.3 Å². The molecule has 29 heavy (non-hydrogen) atoms. The van der Waals surface area contributed by atoms with Gasteiger partial charge in [-0.1, -0.05) is 0 Å². The van der Waals surface area contributed by atoms with Crippen LogP contribution in [0.3, 0.4) is 0 Å². The molecule has 0 spiro atoms. The Bertz CT molecular complexity index is 1160. The number of anilines is 3. The van der Waals surface area contributed by atoms with Crippen LogP contribution >= 0.6 is 23.1 Å². The summed E-state index contributed by atoms with van der Waals surface area (Å²) in [4.78, 5) is 33.8. The van der Waals surface area contributed by atoms with E-state index in [0.717, 1.165) is 6.07 Å². The summed E-state index contributed by atoms with van der Waals surface area (Å²) in [6.07, 6.45) is 1.54. The number of nitrogens with zero attached hydrogens (tertiary/aromatic N) is 3. The van der Waals surface area contributed by atoms with Gasteiger partial charge in [0, 0.05) is 41.6 Å². The fraction of sp³-hybridized carbons (Fsp3) is 0.125. The zero-order valence-corrected chi connectivity index (χ0v) is 17.5. The monoisotopic (exact) mass is 452 g/mol. The molecule has 0 aliphatic heterocycles. The van der Waals surface area contributed by atoms with Crippen molar-refractivity contribution in [2.75, 3.05) is 21.9 Å². The molecular formula is C16H16N6O4S3. The maximum atomic E-state index is 12.8. The second-order valence-corrected chi connectivity index (χ2v) is 9.20. The molecule has 10 nitrogen and oxygen atoms in total. The van der Waals surface area contributed by atoms with Crippen LogP contribution < -0.4 is 20.9 Å². The summed E-state index contributed by atoms with van der Waals surface area (Å²) in [6.45, 7) is 1.95. The number of benzene rings is 1. The molecular weight excluding hydrogens is 436 g/mol. The molecule has 0 bridgehead atoms. The van der Waals surface area contributed by atoms with E-state index in [1.807, 2.05) is 0 Å². The number of thioether (sulfide) groups is 1. The van der Waals surface area contributed by atoms with E-state index in [1.54, 1.807) is 12.3 Å². The number of nitrogens with one attached hydrogen (secondary N) is 2. The van der Waals surface area contributed by atoms with E-state index in [1.165, 1.54) is 46.1 Å². The molecule has 13 heteroatoms. The predicted octanol–water partition coefficient (Wildman–Crippen LogP) is 2.35. The van der Waals surface area contributed by atoms with Gasteiger partial charge < -0.3 is 16.0 Å². The summed E-state index contributed by atoms with van der Waals surface area (Å²) >= 11 is 1.88. The van der Waals surface area contributed by atoms with Gasteiger partial charge in [-0.05, 0) is 31.2 Å². The SMILES string of the molecule is CCN(c1nccs1)S(=O)(=O)c1ccc(NC(=O)Sc2nc(N)cc(=O)[nH]2)cc1. The Morgan fingerprint density at radius 2 is 2.07 bits per heavy atom. The number of amides is 1. The van der Waals surface area contributed by atoms with Crippen molar-refractivity contribution >= 4 is 55.0 Å². The van der Waals surface area contributed by atoms with Crippen LogP contribution in [-0.4, -0.2) is 35.2 Å². The number of hydrogen-bond acceptors (Lipinski definition) is 9. The van der Waals surface area contributed by atoms with Crippen LogP contribution in [0.15, 0.2) is 56.8 Å². The highest BCUT2D eigenvalue weighted by molar-refractivity contribution is 8.13. The van der Waals surface area contributed by atoms with Gasteiger partial charge in [-0.25, -0.2) is 22.7 Å². The van der Waals surface area contributed by atoms with Gasteiger partial charge >= 0.3 is 0 Å². The lowest BCUT2D eigenvalue weighted by Gasteiger charge is -2.19. The first-order valence-corrected chi connectivity index (χ1v) is 11.3. The number of nitrogens with two attached hydrogens (primary N) is 1. The number of hydrogen-bond donors (Lipinski definition) is 3. The van der Waals surface area contributed by atoms with Crippen LogP contribution in [0, 0.1) is 0 Å². The molecule has 0 atom stereocenters. The van der Waals surface area contributed by atoms with Gasteiger partial charge in [-0.15, -0.1) is 11.3 Å². The van der Waals surface area contributed by atoms with Gasteiger partial charge in [0.25, 0.3) is 20.8 Å². The van der Waals surface area contributed by atoms with E-state index < -0.39 is 20.8 Å². The number of aromatic amines is 1. The van der Waals surface area contributed by atoms with Crippen molar-refractivity contribution in [2.24, 2.45) is 0 Å². The number of aromatic nitrogens is 3. The van der Waals surface area contributed by atoms with E-state index in [4.69, 9.17) is 5.73 Å². The van der Waals surface area contributed by atoms with Crippen molar-refractivity contribution < 1.29 is 13.2 Å². The van der Waals surface area contributed by atoms with Gasteiger partial charge in [0.1, 0.15) is 5.82 Å². The number of rotatable bonds is 6. The molecule has 0 saturated heterocycles. The van der Waals surface area contributed by atoms with E-state index in [0.29, 0.717) is 22.6 Å². The lowest BCUT2D eigenvalue weighted by molar-refractivity contribution is 0.269. The maximum absolute atomic E-state index is 12.8. The molecule has 0 saturated carbocycles. The first kappa shape index (κ1) is 20.8. The first-order chi connectivity index (χ1) is 13.8. The molecule has 3 rings (SSSR count). The minimum absolute atomic E-state index is 0.000631. The van der Waals surface area contributed by atoms with Crippen molar-refractivity contribution in [1.82, 2.24) is 15.0 Å². The number of carbonyl (C=O) groups is 1. The lowest BCUT2D eigenvalue weighted by Crippen LogP contribution is -2.30. The molecule has 3 aromatic rings. The van der Waals surface area contributed by atoms with Crippen molar-refractivity contribution in [3.63, 3.8) is 0 Å². The first-order valence-electron chi connectivity index (χ1n) is 8.17. The molecule has 152 valence electrons. The van der Waals surface area contributed by atoms with Gasteiger partial charge in [0.2, 0.25) is 0 Å². The van der Waals surface area contributed by atoms with E-state index >= 15 is 0 Å². The van der Waals surface area contributed by atoms with E-state index in [-0.39, 0.29) is 22.4 Å². The second-order valence-electron chi connectivity index (χ2n) is 5.50. The highest BCUT2D eigenvalue weighted by atomic mass is 32.2. The maximum Gasteiger partial charge on any atom is 0.291 e. The van der Waals surface area contributed by atoms with Crippen molar-refractivity contribution in [2.45, 2.75) is 17.0 Å². The summed E-state index contributed by atoms with van der Waals surface area (Å²) in [5, 5.41) is 4.19. The third kappa shape index (κ3) is 4.93. The molecule has 1 amide bonds. The van der Waals surface area contributed by atoms with Crippen molar-refractivity contribution in [1.29, 1.82) is 0 Å². The Morgan fingerprint density at radius 1 is 1.34 bits per heavy atom. The van der Waals surface area contributed by atoms with Crippen LogP contribution in [0.25, 0.3) is 0 Å². The summed E-state index contributed by atoms with van der Waals surface area (Å²) in [7, 11) is -3.78. The summed E-state index contributed by atoms with van der Waals surface area (Å²) in [6, 6.07) is 6.83. The fourth-order valence-electron chi connectivity index (χ4n) is 2.32. The van der Waals surface area contributed by atoms with Crippen LogP contribution in [0.4, 0.5) is 21.4 Å². The van der Waals surface area contributed by atoms with Crippen LogP contribution in [0.1, 0.15) is 6.92 Å². The van der Waals surface area contributed by atoms with Crippen molar-refractivity contribution in [3.05, 3.63) is 52.3 Å². The average molecular weight is 453 g/mol. The summed E-state index contributed by atoms with van der Waals surface area (Å²) in [5.41, 5.74) is 5.39. The smallest absolute Gasteiger partial charge is 0.291 e. The van der Waals surface area contributed by atoms with Crippen LogP contribution in [0.5, 0.6) is 0 Å². The van der Waals surface area contributed by atoms with Gasteiger partial charge in [0.05, 0.1) is 4.90 Å². The lowest BCUT2D eigenvalue weighted by atomic mass is 10.3. The van der Waals surface area contributed by atoms with Crippen LogP contribution in [-0.2, 0) is 10.0 Å². The molecule has 0 aliphatic carbocycles. The van der Waals surface area contributed by atoms with Crippen LogP contribution in [0.2, 0.25) is 0 Å². The molecule has 0 aliphatic rings. The zero-order valence-electron chi connectivity index (χ0n) is 15.0. The topological polar surface area (TPSA) is 151 Å². The Balaban J connectivity index is 1.72. The van der Waals surface area contributed by atoms with Gasteiger partial charge in [-0.2, -0.15) is 0 Å². The van der Waals surface area contributed by atoms with Gasteiger partial charge in [0.15, 0.2) is 10.3 Å². The Morgan fingerprint density at radius 3 is 2.66 bits per heavy atom. The molecule has 0 radical (unpaired) electrons. The largest absolute Gasteiger partial charge is 0.383 e. The van der Waals surface area contributed by atoms with Gasteiger partial charge in [-0.3, -0.25) is 9.59 Å². The average Bonchev–Trinajstić information content (AvgIpc) is 3.15. The Labute approximate surface area is 174 Å². The summed E-state index contributed by atoms with van der Waals surface area (Å²) < 4.78 is 26.9. The van der Waals surface area contributed by atoms with Crippen molar-refractivity contribution in [3.8, 4) is 0 Å². The third-order valence-corrected chi connectivity index (χ3v) is 7.00. The molecule has 1 aromatic carbocycles. The quantitative estimate of drug-likeness (QED) is 0.381. The highest BCUT2D eigenvalue weighted by Crippen LogP contribution is 2.26. The molecule has 4 N–H and O–H groups in total. The molecule has 2 aromatic heterocycles. The number of nitrogen functional groups attached to an aromatic ring is 1. The minimum Gasteiger partial charge on any atom is -0.383 e.